The molecule has 0 radical (unpaired) electrons. The van der Waals surface area contributed by atoms with Gasteiger partial charge in [-0.2, -0.15) is 0 Å². The molecule has 1 saturated carbocycles. The summed E-state index contributed by atoms with van der Waals surface area (Å²) in [5.74, 6) is 0.899. The fourth-order valence-electron chi connectivity index (χ4n) is 1.50. The van der Waals surface area contributed by atoms with E-state index in [9.17, 15) is 0 Å². The Morgan fingerprint density at radius 1 is 1.58 bits per heavy atom. The summed E-state index contributed by atoms with van der Waals surface area (Å²) in [5, 5.41) is 3.92. The number of nitrogens with zero attached hydrogens (tertiary/aromatic N) is 1. The summed E-state index contributed by atoms with van der Waals surface area (Å²) in [7, 11) is 1.89. The average molecular weight is 186 g/mol. The van der Waals surface area contributed by atoms with Crippen LogP contribution >= 0.6 is 12.2 Å². The van der Waals surface area contributed by atoms with E-state index in [1.165, 1.54) is 19.3 Å². The van der Waals surface area contributed by atoms with Crippen LogP contribution in [0.2, 0.25) is 0 Å². The van der Waals surface area contributed by atoms with Gasteiger partial charge in [-0.3, -0.25) is 0 Å². The van der Waals surface area contributed by atoms with Gasteiger partial charge in [0.25, 0.3) is 0 Å². The van der Waals surface area contributed by atoms with Gasteiger partial charge < -0.3 is 10.2 Å². The highest BCUT2D eigenvalue weighted by Gasteiger charge is 2.20. The number of hydrogen-bond acceptors (Lipinski definition) is 1. The van der Waals surface area contributed by atoms with Gasteiger partial charge >= 0.3 is 0 Å². The second kappa shape index (κ2) is 4.65. The van der Waals surface area contributed by atoms with Crippen molar-refractivity contribution in [2.24, 2.45) is 5.92 Å². The van der Waals surface area contributed by atoms with Gasteiger partial charge in [0.05, 0.1) is 0 Å². The Kier molecular flexibility index (Phi) is 3.79. The van der Waals surface area contributed by atoms with Crippen LogP contribution in [-0.4, -0.2) is 30.1 Å². The molecule has 0 amide bonds. The van der Waals surface area contributed by atoms with Crippen molar-refractivity contribution in [2.45, 2.75) is 26.2 Å². The van der Waals surface area contributed by atoms with Gasteiger partial charge in [0, 0.05) is 20.1 Å². The molecule has 1 aliphatic rings. The van der Waals surface area contributed by atoms with E-state index in [0.717, 1.165) is 24.1 Å². The largest absolute Gasteiger partial charge is 0.366 e. The highest BCUT2D eigenvalue weighted by Crippen LogP contribution is 2.26. The van der Waals surface area contributed by atoms with Crippen LogP contribution in [0.15, 0.2) is 0 Å². The lowest BCUT2D eigenvalue weighted by Gasteiger charge is -2.32. The highest BCUT2D eigenvalue weighted by atomic mass is 32.1. The van der Waals surface area contributed by atoms with Crippen molar-refractivity contribution in [1.82, 2.24) is 10.2 Å². The summed E-state index contributed by atoms with van der Waals surface area (Å²) in [6.45, 7) is 4.33. The van der Waals surface area contributed by atoms with Crippen LogP contribution in [0.1, 0.15) is 26.2 Å². The highest BCUT2D eigenvalue weighted by molar-refractivity contribution is 7.80. The maximum Gasteiger partial charge on any atom is 0.168 e. The number of nitrogens with one attached hydrogen (secondary N) is 1. The summed E-state index contributed by atoms with van der Waals surface area (Å²) in [6.07, 6.45) is 4.19. The van der Waals surface area contributed by atoms with Crippen molar-refractivity contribution >= 4 is 17.3 Å². The molecule has 0 aromatic rings. The third-order valence-electron chi connectivity index (χ3n) is 2.59. The molecule has 1 N–H and O–H groups in total. The Bertz CT molecular complexity index is 155. The SMILES string of the molecule is CCN(CC1CCC1)C(=S)NC. The molecule has 1 rings (SSSR count). The molecule has 0 aromatic heterocycles. The second-order valence-corrected chi connectivity index (χ2v) is 3.78. The molecule has 0 bridgehead atoms. The normalized spacial score (nSPS) is 16.8. The van der Waals surface area contributed by atoms with E-state index in [1.54, 1.807) is 0 Å². The Balaban J connectivity index is 2.28. The van der Waals surface area contributed by atoms with Crippen LogP contribution in [0.25, 0.3) is 0 Å². The molecular weight excluding hydrogens is 168 g/mol. The third-order valence-corrected chi connectivity index (χ3v) is 3.05. The average Bonchev–Trinajstić information content (AvgIpc) is 2.02. The Hall–Kier alpha value is -0.310. The minimum atomic E-state index is 0.893. The van der Waals surface area contributed by atoms with Gasteiger partial charge in [0.15, 0.2) is 5.11 Å². The van der Waals surface area contributed by atoms with Crippen LogP contribution in [0.4, 0.5) is 0 Å². The standard InChI is InChI=1S/C9H18N2S/c1-3-11(9(12)10-2)7-8-5-4-6-8/h8H,3-7H2,1-2H3,(H,10,12). The van der Waals surface area contributed by atoms with Crippen molar-refractivity contribution in [3.63, 3.8) is 0 Å². The molecule has 2 nitrogen and oxygen atoms in total. The Morgan fingerprint density at radius 3 is 2.58 bits per heavy atom. The zero-order valence-electron chi connectivity index (χ0n) is 7.97. The van der Waals surface area contributed by atoms with Crippen LogP contribution in [0.3, 0.4) is 0 Å². The van der Waals surface area contributed by atoms with Crippen LogP contribution in [-0.2, 0) is 0 Å². The lowest BCUT2D eigenvalue weighted by Crippen LogP contribution is -2.41. The molecule has 12 heavy (non-hydrogen) atoms. The van der Waals surface area contributed by atoms with Crippen LogP contribution in [0.5, 0.6) is 0 Å². The van der Waals surface area contributed by atoms with E-state index in [2.05, 4.69) is 17.1 Å². The molecule has 0 spiro atoms. The predicted octanol–water partition coefficient (Wildman–Crippen LogP) is 1.61. The summed E-state index contributed by atoms with van der Waals surface area (Å²) in [5.41, 5.74) is 0. The third kappa shape index (κ3) is 2.34. The molecule has 0 heterocycles. The van der Waals surface area contributed by atoms with Gasteiger partial charge in [-0.15, -0.1) is 0 Å². The van der Waals surface area contributed by atoms with E-state index in [1.807, 2.05) is 7.05 Å². The van der Waals surface area contributed by atoms with E-state index in [0.29, 0.717) is 0 Å². The first kappa shape index (κ1) is 9.78. The topological polar surface area (TPSA) is 15.3 Å². The molecule has 70 valence electrons. The minimum Gasteiger partial charge on any atom is -0.366 e. The maximum atomic E-state index is 5.18. The van der Waals surface area contributed by atoms with Crippen molar-refractivity contribution in [1.29, 1.82) is 0 Å². The van der Waals surface area contributed by atoms with Crippen LogP contribution in [0, 0.1) is 5.92 Å². The predicted molar refractivity (Wildman–Crippen MR) is 56.2 cm³/mol. The first-order chi connectivity index (χ1) is 5.77. The van der Waals surface area contributed by atoms with Gasteiger partial charge in [-0.05, 0) is 37.9 Å². The van der Waals surface area contributed by atoms with E-state index >= 15 is 0 Å². The first-order valence-electron chi connectivity index (χ1n) is 4.74. The lowest BCUT2D eigenvalue weighted by molar-refractivity contribution is 0.243. The van der Waals surface area contributed by atoms with Gasteiger partial charge in [0.2, 0.25) is 0 Å². The molecule has 0 atom stereocenters. The maximum absolute atomic E-state index is 5.18. The smallest absolute Gasteiger partial charge is 0.168 e. The fraction of sp³-hybridized carbons (Fsp3) is 0.889. The van der Waals surface area contributed by atoms with Crippen molar-refractivity contribution in [3.8, 4) is 0 Å². The lowest BCUT2D eigenvalue weighted by atomic mass is 9.85. The van der Waals surface area contributed by atoms with Gasteiger partial charge in [-0.25, -0.2) is 0 Å². The van der Waals surface area contributed by atoms with Crippen molar-refractivity contribution in [3.05, 3.63) is 0 Å². The zero-order chi connectivity index (χ0) is 8.97. The second-order valence-electron chi connectivity index (χ2n) is 3.39. The van der Waals surface area contributed by atoms with Crippen molar-refractivity contribution < 1.29 is 0 Å². The first-order valence-corrected chi connectivity index (χ1v) is 5.15. The molecule has 0 unspecified atom stereocenters. The Labute approximate surface area is 80.3 Å². The Morgan fingerprint density at radius 2 is 2.25 bits per heavy atom. The number of hydrogen-bond donors (Lipinski definition) is 1. The summed E-state index contributed by atoms with van der Waals surface area (Å²) < 4.78 is 0. The van der Waals surface area contributed by atoms with Gasteiger partial charge in [-0.1, -0.05) is 6.42 Å². The van der Waals surface area contributed by atoms with E-state index < -0.39 is 0 Å². The quantitative estimate of drug-likeness (QED) is 0.674. The molecule has 0 aromatic carbocycles. The molecule has 0 aliphatic heterocycles. The van der Waals surface area contributed by atoms with Crippen molar-refractivity contribution in [2.75, 3.05) is 20.1 Å². The fourth-order valence-corrected chi connectivity index (χ4v) is 1.70. The van der Waals surface area contributed by atoms with E-state index in [4.69, 9.17) is 12.2 Å². The molecule has 3 heteroatoms. The van der Waals surface area contributed by atoms with Crippen LogP contribution < -0.4 is 5.32 Å². The number of rotatable bonds is 3. The molecular formula is C9H18N2S. The zero-order valence-corrected chi connectivity index (χ0v) is 8.78. The van der Waals surface area contributed by atoms with Gasteiger partial charge in [0.1, 0.15) is 0 Å². The molecule has 0 saturated heterocycles. The summed E-state index contributed by atoms with van der Waals surface area (Å²) in [4.78, 5) is 2.25. The minimum absolute atomic E-state index is 0.893. The van der Waals surface area contributed by atoms with E-state index in [-0.39, 0.29) is 0 Å². The number of thiocarbonyl (C=S) groups is 1. The molecule has 1 fully saturated rings. The monoisotopic (exact) mass is 186 g/mol. The summed E-state index contributed by atoms with van der Waals surface area (Å²) in [6, 6.07) is 0. The molecule has 1 aliphatic carbocycles. The summed E-state index contributed by atoms with van der Waals surface area (Å²) >= 11 is 5.18.